The van der Waals surface area contributed by atoms with Crippen LogP contribution >= 0.6 is 0 Å². The number of anilines is 1. The molecule has 1 rings (SSSR count). The fourth-order valence-corrected chi connectivity index (χ4v) is 1.67. The molecule has 1 atom stereocenters. The highest BCUT2D eigenvalue weighted by Crippen LogP contribution is 2.12. The Labute approximate surface area is 92.3 Å². The molecular weight excluding hydrogens is 186 g/mol. The summed E-state index contributed by atoms with van der Waals surface area (Å²) in [4.78, 5) is 8.29. The standard InChI is InChI=1S/C12H21N3/c1-3-5-7-11(6-4-2)15-12-10-13-8-9-14-12/h8-11H,3-7H2,1-2H3,(H,14,15). The van der Waals surface area contributed by atoms with Gasteiger partial charge in [0.25, 0.3) is 0 Å². The van der Waals surface area contributed by atoms with E-state index in [1.54, 1.807) is 18.6 Å². The maximum absolute atomic E-state index is 4.24. The zero-order valence-corrected chi connectivity index (χ0v) is 9.74. The number of nitrogens with zero attached hydrogens (tertiary/aromatic N) is 2. The summed E-state index contributed by atoms with van der Waals surface area (Å²) in [5.41, 5.74) is 0. The molecule has 0 radical (unpaired) electrons. The van der Waals surface area contributed by atoms with Crippen LogP contribution in [-0.2, 0) is 0 Å². The van der Waals surface area contributed by atoms with Crippen LogP contribution in [0, 0.1) is 0 Å². The number of aromatic nitrogens is 2. The average Bonchev–Trinajstić information content (AvgIpc) is 2.28. The molecule has 84 valence electrons. The third kappa shape index (κ3) is 4.77. The third-order valence-electron chi connectivity index (χ3n) is 2.46. The van der Waals surface area contributed by atoms with Crippen LogP contribution in [0.15, 0.2) is 18.6 Å². The lowest BCUT2D eigenvalue weighted by Gasteiger charge is -2.17. The lowest BCUT2D eigenvalue weighted by molar-refractivity contribution is 0.562. The Balaban J connectivity index is 2.43. The van der Waals surface area contributed by atoms with E-state index in [4.69, 9.17) is 0 Å². The van der Waals surface area contributed by atoms with Gasteiger partial charge in [0, 0.05) is 18.4 Å². The molecule has 1 N–H and O–H groups in total. The van der Waals surface area contributed by atoms with Gasteiger partial charge in [0.2, 0.25) is 0 Å². The Hall–Kier alpha value is -1.12. The van der Waals surface area contributed by atoms with E-state index >= 15 is 0 Å². The number of nitrogens with one attached hydrogen (secondary N) is 1. The molecule has 0 aromatic carbocycles. The lowest BCUT2D eigenvalue weighted by Crippen LogP contribution is -2.19. The Morgan fingerprint density at radius 1 is 1.20 bits per heavy atom. The highest BCUT2D eigenvalue weighted by molar-refractivity contribution is 5.31. The molecule has 0 aliphatic rings. The van der Waals surface area contributed by atoms with Crippen LogP contribution in [0.1, 0.15) is 46.0 Å². The number of hydrogen-bond donors (Lipinski definition) is 1. The van der Waals surface area contributed by atoms with Gasteiger partial charge in [-0.25, -0.2) is 4.98 Å². The van der Waals surface area contributed by atoms with E-state index < -0.39 is 0 Å². The minimum absolute atomic E-state index is 0.548. The maximum Gasteiger partial charge on any atom is 0.144 e. The molecule has 0 bridgehead atoms. The van der Waals surface area contributed by atoms with Crippen molar-refractivity contribution in [3.8, 4) is 0 Å². The van der Waals surface area contributed by atoms with Gasteiger partial charge < -0.3 is 5.32 Å². The highest BCUT2D eigenvalue weighted by Gasteiger charge is 2.07. The topological polar surface area (TPSA) is 37.8 Å². The first kappa shape index (κ1) is 12.0. The SMILES string of the molecule is CCCCC(CCC)Nc1cnccn1. The van der Waals surface area contributed by atoms with Gasteiger partial charge in [-0.1, -0.05) is 33.1 Å². The van der Waals surface area contributed by atoms with Gasteiger partial charge in [0.1, 0.15) is 5.82 Å². The average molecular weight is 207 g/mol. The van der Waals surface area contributed by atoms with E-state index in [-0.39, 0.29) is 0 Å². The van der Waals surface area contributed by atoms with Crippen LogP contribution in [0.2, 0.25) is 0 Å². The van der Waals surface area contributed by atoms with Crippen molar-refractivity contribution >= 4 is 5.82 Å². The fraction of sp³-hybridized carbons (Fsp3) is 0.667. The first-order valence-electron chi connectivity index (χ1n) is 5.89. The molecule has 15 heavy (non-hydrogen) atoms. The minimum atomic E-state index is 0.548. The molecule has 1 aromatic heterocycles. The minimum Gasteiger partial charge on any atom is -0.366 e. The van der Waals surface area contributed by atoms with Gasteiger partial charge in [-0.15, -0.1) is 0 Å². The number of rotatable bonds is 7. The van der Waals surface area contributed by atoms with E-state index in [2.05, 4.69) is 29.1 Å². The summed E-state index contributed by atoms with van der Waals surface area (Å²) in [6, 6.07) is 0.548. The van der Waals surface area contributed by atoms with E-state index in [1.165, 1.54) is 32.1 Å². The number of unbranched alkanes of at least 4 members (excludes halogenated alkanes) is 1. The second-order valence-corrected chi connectivity index (χ2v) is 3.86. The molecule has 0 saturated heterocycles. The predicted molar refractivity (Wildman–Crippen MR) is 63.9 cm³/mol. The van der Waals surface area contributed by atoms with E-state index in [9.17, 15) is 0 Å². The molecule has 3 nitrogen and oxygen atoms in total. The molecule has 0 spiro atoms. The fourth-order valence-electron chi connectivity index (χ4n) is 1.67. The van der Waals surface area contributed by atoms with Crippen LogP contribution < -0.4 is 5.32 Å². The molecule has 1 heterocycles. The van der Waals surface area contributed by atoms with Crippen molar-refractivity contribution in [1.82, 2.24) is 9.97 Å². The van der Waals surface area contributed by atoms with E-state index in [0.717, 1.165) is 5.82 Å². The van der Waals surface area contributed by atoms with Crippen molar-refractivity contribution < 1.29 is 0 Å². The van der Waals surface area contributed by atoms with Crippen molar-refractivity contribution in [3.63, 3.8) is 0 Å². The summed E-state index contributed by atoms with van der Waals surface area (Å²) in [5, 5.41) is 3.44. The predicted octanol–water partition coefficient (Wildman–Crippen LogP) is 3.25. The van der Waals surface area contributed by atoms with E-state index in [0.29, 0.717) is 6.04 Å². The van der Waals surface area contributed by atoms with Crippen molar-refractivity contribution in [3.05, 3.63) is 18.6 Å². The second-order valence-electron chi connectivity index (χ2n) is 3.86. The Morgan fingerprint density at radius 3 is 2.67 bits per heavy atom. The lowest BCUT2D eigenvalue weighted by atomic mass is 10.1. The summed E-state index contributed by atoms with van der Waals surface area (Å²) in [5.74, 6) is 0.895. The molecule has 1 aromatic rings. The van der Waals surface area contributed by atoms with Crippen LogP contribution in [0.5, 0.6) is 0 Å². The van der Waals surface area contributed by atoms with Gasteiger partial charge in [0.15, 0.2) is 0 Å². The first-order valence-corrected chi connectivity index (χ1v) is 5.89. The van der Waals surface area contributed by atoms with Crippen LogP contribution in [0.4, 0.5) is 5.82 Å². The Kier molecular flexibility index (Phi) is 5.74. The van der Waals surface area contributed by atoms with Gasteiger partial charge in [0.05, 0.1) is 6.20 Å². The molecule has 0 aliphatic heterocycles. The second kappa shape index (κ2) is 7.21. The first-order chi connectivity index (χ1) is 7.36. The summed E-state index contributed by atoms with van der Waals surface area (Å²) in [6.07, 6.45) is 11.4. The normalized spacial score (nSPS) is 12.4. The van der Waals surface area contributed by atoms with Gasteiger partial charge in [-0.3, -0.25) is 4.98 Å². The molecule has 1 unspecified atom stereocenters. The molecule has 0 aliphatic carbocycles. The molecule has 3 heteroatoms. The van der Waals surface area contributed by atoms with Crippen molar-refractivity contribution in [2.24, 2.45) is 0 Å². The maximum atomic E-state index is 4.24. The van der Waals surface area contributed by atoms with Crippen LogP contribution in [-0.4, -0.2) is 16.0 Å². The monoisotopic (exact) mass is 207 g/mol. The van der Waals surface area contributed by atoms with Gasteiger partial charge in [-0.05, 0) is 12.8 Å². The van der Waals surface area contributed by atoms with Crippen LogP contribution in [0.25, 0.3) is 0 Å². The quantitative estimate of drug-likeness (QED) is 0.745. The zero-order chi connectivity index (χ0) is 10.9. The molecule has 0 fully saturated rings. The Bertz CT molecular complexity index is 248. The summed E-state index contributed by atoms with van der Waals surface area (Å²) < 4.78 is 0. The van der Waals surface area contributed by atoms with Crippen molar-refractivity contribution in [2.45, 2.75) is 52.0 Å². The summed E-state index contributed by atoms with van der Waals surface area (Å²) in [6.45, 7) is 4.45. The largest absolute Gasteiger partial charge is 0.366 e. The number of hydrogen-bond acceptors (Lipinski definition) is 3. The van der Waals surface area contributed by atoms with Crippen molar-refractivity contribution in [2.75, 3.05) is 5.32 Å². The smallest absolute Gasteiger partial charge is 0.144 e. The van der Waals surface area contributed by atoms with E-state index in [1.807, 2.05) is 0 Å². The third-order valence-corrected chi connectivity index (χ3v) is 2.46. The van der Waals surface area contributed by atoms with Crippen molar-refractivity contribution in [1.29, 1.82) is 0 Å². The summed E-state index contributed by atoms with van der Waals surface area (Å²) >= 11 is 0. The Morgan fingerprint density at radius 2 is 2.07 bits per heavy atom. The molecule has 0 amide bonds. The molecule has 0 saturated carbocycles. The molecular formula is C12H21N3. The highest BCUT2D eigenvalue weighted by atomic mass is 15.0. The zero-order valence-electron chi connectivity index (χ0n) is 9.74. The van der Waals surface area contributed by atoms with Gasteiger partial charge >= 0.3 is 0 Å². The summed E-state index contributed by atoms with van der Waals surface area (Å²) in [7, 11) is 0. The van der Waals surface area contributed by atoms with Gasteiger partial charge in [-0.2, -0.15) is 0 Å². The van der Waals surface area contributed by atoms with Crippen LogP contribution in [0.3, 0.4) is 0 Å².